The van der Waals surface area contributed by atoms with Crippen LogP contribution in [-0.2, 0) is 10.8 Å². The first-order chi connectivity index (χ1) is 31.3. The highest BCUT2D eigenvalue weighted by Crippen LogP contribution is 2.43. The summed E-state index contributed by atoms with van der Waals surface area (Å²) in [4.78, 5) is 10.5. The molecule has 2 aromatic heterocycles. The number of phenolic OH excluding ortho intramolecular Hbond substituents is 1. The molecule has 0 aliphatic rings. The summed E-state index contributed by atoms with van der Waals surface area (Å²) < 4.78 is 10.8. The number of rotatable bonds is 8. The van der Waals surface area contributed by atoms with E-state index < -0.39 is 5.89 Å². The fraction of sp³-hybridized carbons (Fsp3) is 0.213. The first-order valence-electron chi connectivity index (χ1n) is 23.2. The van der Waals surface area contributed by atoms with Gasteiger partial charge in [-0.05, 0) is 146 Å². The maximum absolute atomic E-state index is 11.9. The molecule has 324 valence electrons. The van der Waals surface area contributed by atoms with Gasteiger partial charge in [-0.2, -0.15) is 0 Å². The van der Waals surface area contributed by atoms with E-state index in [1.807, 2.05) is 57.3 Å². The summed E-state index contributed by atoms with van der Waals surface area (Å²) in [7, 11) is 0. The number of para-hydroxylation sites is 1. The highest BCUT2D eigenvalue weighted by molar-refractivity contribution is 5.98. The minimum Gasteiger partial charge on any atom is -0.507 e. The Labute approximate surface area is 386 Å². The van der Waals surface area contributed by atoms with Crippen LogP contribution < -0.4 is 0 Å². The summed E-state index contributed by atoms with van der Waals surface area (Å²) in [5, 5.41) is 11.9. The van der Waals surface area contributed by atoms with E-state index in [9.17, 15) is 5.11 Å². The number of aryl methyl sites for hydroxylation is 2. The van der Waals surface area contributed by atoms with E-state index in [0.717, 1.165) is 89.2 Å². The van der Waals surface area contributed by atoms with Crippen LogP contribution >= 0.6 is 0 Å². The summed E-state index contributed by atoms with van der Waals surface area (Å²) in [6.07, 6.45) is 1.88. The molecule has 4 nitrogen and oxygen atoms in total. The maximum atomic E-state index is 11.9. The van der Waals surface area contributed by atoms with Crippen molar-refractivity contribution in [2.45, 2.75) is 86.0 Å². The third kappa shape index (κ3) is 8.54. The lowest BCUT2D eigenvalue weighted by Crippen LogP contribution is -2.12. The third-order valence-corrected chi connectivity index (χ3v) is 12.7. The molecule has 0 aliphatic carbocycles. The van der Waals surface area contributed by atoms with Crippen molar-refractivity contribution in [1.82, 2.24) is 14.5 Å². The lowest BCUT2D eigenvalue weighted by Gasteiger charge is -2.24. The van der Waals surface area contributed by atoms with Gasteiger partial charge in [0.2, 0.25) is 0 Å². The summed E-state index contributed by atoms with van der Waals surface area (Å²) in [6, 6.07) is 56.0. The second-order valence-electron chi connectivity index (χ2n) is 19.9. The molecule has 0 amide bonds. The molecule has 0 radical (unpaired) electrons. The van der Waals surface area contributed by atoms with Crippen molar-refractivity contribution in [2.24, 2.45) is 0 Å². The molecule has 1 N–H and O–H groups in total. The fourth-order valence-electron chi connectivity index (χ4n) is 8.96. The molecule has 0 aliphatic heterocycles. The number of nitrogens with zero attached hydrogens (tertiary/aromatic N) is 3. The third-order valence-electron chi connectivity index (χ3n) is 12.7. The highest BCUT2D eigenvalue weighted by atomic mass is 16.3. The number of aromatic nitrogens is 3. The van der Waals surface area contributed by atoms with Gasteiger partial charge >= 0.3 is 0 Å². The van der Waals surface area contributed by atoms with Crippen molar-refractivity contribution in [1.29, 1.82) is 0 Å². The first kappa shape index (κ1) is 41.9. The predicted molar refractivity (Wildman–Crippen MR) is 274 cm³/mol. The van der Waals surface area contributed by atoms with Crippen molar-refractivity contribution >= 4 is 11.0 Å². The second kappa shape index (κ2) is 16.8. The average Bonchev–Trinajstić information content (AvgIpc) is 3.69. The monoisotopic (exact) mass is 850 g/mol. The molecule has 0 saturated carbocycles. The van der Waals surface area contributed by atoms with Gasteiger partial charge in [-0.3, -0.25) is 9.55 Å². The topological polar surface area (TPSA) is 50.9 Å². The van der Waals surface area contributed by atoms with Gasteiger partial charge in [0.25, 0.3) is 0 Å². The van der Waals surface area contributed by atoms with Crippen LogP contribution in [0.1, 0.15) is 90.5 Å². The van der Waals surface area contributed by atoms with E-state index in [0.29, 0.717) is 11.4 Å². The van der Waals surface area contributed by atoms with Crippen molar-refractivity contribution < 1.29 is 6.48 Å². The van der Waals surface area contributed by atoms with E-state index in [1.54, 1.807) is 0 Å². The first-order valence-corrected chi connectivity index (χ1v) is 22.7. The van der Waals surface area contributed by atoms with E-state index in [-0.39, 0.29) is 16.6 Å². The zero-order valence-corrected chi connectivity index (χ0v) is 39.4. The molecule has 65 heavy (non-hydrogen) atoms. The Morgan fingerprint density at radius 1 is 0.538 bits per heavy atom. The van der Waals surface area contributed by atoms with Gasteiger partial charge in [-0.25, -0.2) is 4.98 Å². The Morgan fingerprint density at radius 2 is 1.18 bits per heavy atom. The number of benzene rings is 7. The second-order valence-corrected chi connectivity index (χ2v) is 19.9. The molecule has 7 aromatic carbocycles. The lowest BCUT2D eigenvalue weighted by molar-refractivity contribution is 0.472. The summed E-state index contributed by atoms with van der Waals surface area (Å²) in [6.45, 7) is 21.4. The lowest BCUT2D eigenvalue weighted by atomic mass is 9.83. The number of hydrogen-bond donors (Lipinski definition) is 1. The Morgan fingerprint density at radius 3 is 1.88 bits per heavy atom. The largest absolute Gasteiger partial charge is 0.507 e. The van der Waals surface area contributed by atoms with Crippen LogP contribution in [0, 0.1) is 13.8 Å². The van der Waals surface area contributed by atoms with E-state index in [1.165, 1.54) is 11.1 Å². The van der Waals surface area contributed by atoms with E-state index in [4.69, 9.17) is 11.3 Å². The number of fused-ring (bicyclic) bond motifs is 1. The molecular weight excluding hydrogens is 791 g/mol. The maximum Gasteiger partial charge on any atom is 0.149 e. The molecule has 0 bridgehead atoms. The predicted octanol–water partition coefficient (Wildman–Crippen LogP) is 16.5. The van der Waals surface area contributed by atoms with E-state index in [2.05, 4.69) is 180 Å². The zero-order chi connectivity index (χ0) is 46.7. The Balaban J connectivity index is 1.29. The van der Waals surface area contributed by atoms with Crippen LogP contribution in [0.25, 0.3) is 83.9 Å². The van der Waals surface area contributed by atoms with Crippen LogP contribution in [0.3, 0.4) is 0 Å². The number of imidazole rings is 1. The van der Waals surface area contributed by atoms with Gasteiger partial charge in [-0.15, -0.1) is 0 Å². The number of aromatic hydroxyl groups is 1. The van der Waals surface area contributed by atoms with Crippen LogP contribution in [0.4, 0.5) is 0 Å². The Kier molecular flexibility index (Phi) is 10.9. The fourth-order valence-corrected chi connectivity index (χ4v) is 8.96. The van der Waals surface area contributed by atoms with Gasteiger partial charge in [0.05, 0.1) is 28.0 Å². The summed E-state index contributed by atoms with van der Waals surface area (Å²) >= 11 is 0. The van der Waals surface area contributed by atoms with Crippen molar-refractivity contribution in [3.05, 3.63) is 192 Å². The number of phenols is 1. The molecule has 0 atom stereocenters. The van der Waals surface area contributed by atoms with Gasteiger partial charge < -0.3 is 5.11 Å². The smallest absolute Gasteiger partial charge is 0.149 e. The van der Waals surface area contributed by atoms with Crippen molar-refractivity contribution in [2.75, 3.05) is 0 Å². The van der Waals surface area contributed by atoms with Crippen LogP contribution in [0.15, 0.2) is 164 Å². The molecule has 0 saturated heterocycles. The molecular formula is C61H59N3O. The van der Waals surface area contributed by atoms with Crippen LogP contribution in [-0.4, -0.2) is 19.6 Å². The number of hydrogen-bond acceptors (Lipinski definition) is 3. The van der Waals surface area contributed by atoms with Gasteiger partial charge in [0.1, 0.15) is 11.6 Å². The van der Waals surface area contributed by atoms with Crippen molar-refractivity contribution in [3.8, 4) is 78.6 Å². The molecule has 9 rings (SSSR count). The summed E-state index contributed by atoms with van der Waals surface area (Å²) in [5.41, 5.74) is 19.0. The number of pyridine rings is 1. The standard InChI is InChI=1S/C61H59N3O/c1-38(2)41-19-21-43(22-20-41)45-29-30-62-54(36-45)48-34-46(42-15-12-11-13-16-42)33-47(35-48)51-17-14-18-56-57(51)63-59(53-32-39(3)31-40(4)58(53)65)64(56)55-28-27-50(61(8,9)10)37-52(55)44-23-25-49(26-24-44)60(5,6)7/h11-38,65H,1-10H3/i38D. The average molecular weight is 851 g/mol. The van der Waals surface area contributed by atoms with E-state index >= 15 is 0 Å². The Hall–Kier alpha value is -7.04. The summed E-state index contributed by atoms with van der Waals surface area (Å²) in [5.74, 6) is 0.219. The molecule has 0 unspecified atom stereocenters. The SMILES string of the molecule is [2H]C(C)(C)c1ccc(-c2ccnc(-c3cc(-c4ccccc4)cc(-c4cccc5c4nc(-c4cc(C)cc(C)c4O)n5-c4ccc(C(C)(C)C)cc4-c4ccc(C(C)(C)C)cc4)c3)c2)cc1. The quantitative estimate of drug-likeness (QED) is 0.166. The molecule has 9 aromatic rings. The minimum absolute atomic E-state index is 0.0164. The molecule has 2 heterocycles. The normalized spacial score (nSPS) is 12.4. The Bertz CT molecular complexity index is 3250. The van der Waals surface area contributed by atoms with Gasteiger partial charge in [0, 0.05) is 24.3 Å². The molecule has 0 spiro atoms. The van der Waals surface area contributed by atoms with Crippen LogP contribution in [0.5, 0.6) is 5.75 Å². The van der Waals surface area contributed by atoms with Crippen LogP contribution in [0.2, 0.25) is 0 Å². The highest BCUT2D eigenvalue weighted by Gasteiger charge is 2.25. The zero-order valence-electron chi connectivity index (χ0n) is 40.4. The van der Waals surface area contributed by atoms with Gasteiger partial charge in [0.15, 0.2) is 0 Å². The molecule has 0 fully saturated rings. The van der Waals surface area contributed by atoms with Gasteiger partial charge in [-0.1, -0.05) is 159 Å². The van der Waals surface area contributed by atoms with Crippen molar-refractivity contribution in [3.63, 3.8) is 0 Å². The minimum atomic E-state index is -0.674. The molecule has 4 heteroatoms.